The number of hydrogen-bond donors (Lipinski definition) is 2. The van der Waals surface area contributed by atoms with Crippen LogP contribution in [0.5, 0.6) is 0 Å². The van der Waals surface area contributed by atoms with Crippen LogP contribution in [-0.2, 0) is 0 Å². The maximum absolute atomic E-state index is 12.9. The van der Waals surface area contributed by atoms with Crippen molar-refractivity contribution >= 4 is 5.91 Å². The molecule has 1 rings (SSSR count). The van der Waals surface area contributed by atoms with Crippen molar-refractivity contribution in [3.63, 3.8) is 0 Å². The summed E-state index contributed by atoms with van der Waals surface area (Å²) >= 11 is 0. The Labute approximate surface area is 105 Å². The zero-order chi connectivity index (χ0) is 13.7. The smallest absolute Gasteiger partial charge is 0.251 e. The molecular formula is C13H17F2NO2. The summed E-state index contributed by atoms with van der Waals surface area (Å²) in [5.41, 5.74) is -0.0882. The van der Waals surface area contributed by atoms with Gasteiger partial charge >= 0.3 is 0 Å². The number of carbonyl (C=O) groups excluding carboxylic acids is 1. The third-order valence-electron chi connectivity index (χ3n) is 2.44. The van der Waals surface area contributed by atoms with Crippen LogP contribution in [0.15, 0.2) is 18.2 Å². The van der Waals surface area contributed by atoms with Crippen LogP contribution in [0.1, 0.15) is 30.6 Å². The molecule has 1 amide bonds. The summed E-state index contributed by atoms with van der Waals surface area (Å²) in [4.78, 5) is 11.7. The normalized spacial score (nSPS) is 12.6. The van der Waals surface area contributed by atoms with Gasteiger partial charge in [-0.25, -0.2) is 8.78 Å². The van der Waals surface area contributed by atoms with Crippen LogP contribution >= 0.6 is 0 Å². The van der Waals surface area contributed by atoms with Gasteiger partial charge in [0.25, 0.3) is 5.91 Å². The lowest BCUT2D eigenvalue weighted by molar-refractivity contribution is 0.0907. The highest BCUT2D eigenvalue weighted by Gasteiger charge is 2.15. The minimum atomic E-state index is -0.801. The summed E-state index contributed by atoms with van der Waals surface area (Å²) in [6.45, 7) is 3.70. The molecule has 2 N–H and O–H groups in total. The van der Waals surface area contributed by atoms with Gasteiger partial charge in [-0.2, -0.15) is 0 Å². The molecule has 1 aromatic carbocycles. The van der Waals surface area contributed by atoms with Crippen LogP contribution in [0, 0.1) is 17.6 Å². The van der Waals surface area contributed by atoms with Crippen LogP contribution < -0.4 is 5.32 Å². The lowest BCUT2D eigenvalue weighted by Gasteiger charge is -2.18. The Morgan fingerprint density at radius 3 is 2.28 bits per heavy atom. The predicted octanol–water partition coefficient (Wildman–Crippen LogP) is 2.10. The lowest BCUT2D eigenvalue weighted by Crippen LogP contribution is -2.38. The minimum absolute atomic E-state index is 0.0882. The molecule has 0 bridgehead atoms. The number of benzene rings is 1. The summed E-state index contributed by atoms with van der Waals surface area (Å²) in [7, 11) is 0. The maximum Gasteiger partial charge on any atom is 0.251 e. The van der Waals surface area contributed by atoms with Gasteiger partial charge in [-0.05, 0) is 24.5 Å². The van der Waals surface area contributed by atoms with E-state index in [9.17, 15) is 13.6 Å². The number of amides is 1. The second-order valence-electron chi connectivity index (χ2n) is 4.64. The van der Waals surface area contributed by atoms with Gasteiger partial charge in [0.15, 0.2) is 0 Å². The Hall–Kier alpha value is -1.49. The van der Waals surface area contributed by atoms with Crippen molar-refractivity contribution in [1.82, 2.24) is 5.32 Å². The van der Waals surface area contributed by atoms with Gasteiger partial charge in [0.1, 0.15) is 11.6 Å². The molecule has 0 spiro atoms. The highest BCUT2D eigenvalue weighted by Crippen LogP contribution is 2.09. The number of aliphatic hydroxyl groups excluding tert-OH is 1. The standard InChI is InChI=1S/C13H17F2NO2/c1-8(2)3-12(7-17)16-13(18)9-4-10(14)6-11(15)5-9/h4-6,8,12,17H,3,7H2,1-2H3,(H,16,18). The summed E-state index contributed by atoms with van der Waals surface area (Å²) in [5.74, 6) is -1.89. The second-order valence-corrected chi connectivity index (χ2v) is 4.64. The van der Waals surface area contributed by atoms with Crippen molar-refractivity contribution in [3.05, 3.63) is 35.4 Å². The van der Waals surface area contributed by atoms with Gasteiger partial charge in [0, 0.05) is 11.6 Å². The molecule has 0 aromatic heterocycles. The fourth-order valence-electron chi connectivity index (χ4n) is 1.70. The predicted molar refractivity (Wildman–Crippen MR) is 64.2 cm³/mol. The molecule has 0 saturated carbocycles. The van der Waals surface area contributed by atoms with Crippen molar-refractivity contribution in [2.45, 2.75) is 26.3 Å². The van der Waals surface area contributed by atoms with Crippen LogP contribution in [0.3, 0.4) is 0 Å². The fourth-order valence-corrected chi connectivity index (χ4v) is 1.70. The van der Waals surface area contributed by atoms with E-state index in [1.54, 1.807) is 0 Å². The Kier molecular flexibility index (Phi) is 5.22. The molecule has 1 unspecified atom stereocenters. The third kappa shape index (κ3) is 4.41. The SMILES string of the molecule is CC(C)CC(CO)NC(=O)c1cc(F)cc(F)c1. The van der Waals surface area contributed by atoms with Gasteiger partial charge in [0.05, 0.1) is 12.6 Å². The highest BCUT2D eigenvalue weighted by molar-refractivity contribution is 5.94. The molecule has 100 valence electrons. The first kappa shape index (κ1) is 14.6. The lowest BCUT2D eigenvalue weighted by atomic mass is 10.0. The van der Waals surface area contributed by atoms with Crippen LogP contribution in [0.2, 0.25) is 0 Å². The average Bonchev–Trinajstić information content (AvgIpc) is 2.26. The molecule has 5 heteroatoms. The molecular weight excluding hydrogens is 240 g/mol. The molecule has 0 heterocycles. The summed E-state index contributed by atoms with van der Waals surface area (Å²) in [6.07, 6.45) is 0.597. The van der Waals surface area contributed by atoms with Crippen LogP contribution in [-0.4, -0.2) is 23.7 Å². The number of hydrogen-bond acceptors (Lipinski definition) is 2. The van der Waals surface area contributed by atoms with Gasteiger partial charge in [-0.1, -0.05) is 13.8 Å². The number of aliphatic hydroxyl groups is 1. The van der Waals surface area contributed by atoms with E-state index in [-0.39, 0.29) is 12.2 Å². The molecule has 0 saturated heterocycles. The first-order valence-electron chi connectivity index (χ1n) is 5.80. The molecule has 1 aromatic rings. The number of carbonyl (C=O) groups is 1. The summed E-state index contributed by atoms with van der Waals surface area (Å²) in [6, 6.07) is 2.21. The van der Waals surface area contributed by atoms with E-state index in [0.29, 0.717) is 18.4 Å². The van der Waals surface area contributed by atoms with E-state index in [1.807, 2.05) is 13.8 Å². The molecule has 0 fully saturated rings. The summed E-state index contributed by atoms with van der Waals surface area (Å²) < 4.78 is 25.9. The van der Waals surface area contributed by atoms with Crippen molar-refractivity contribution in [2.24, 2.45) is 5.92 Å². The zero-order valence-corrected chi connectivity index (χ0v) is 10.4. The van der Waals surface area contributed by atoms with Crippen LogP contribution in [0.4, 0.5) is 8.78 Å². The van der Waals surface area contributed by atoms with Crippen molar-refractivity contribution < 1.29 is 18.7 Å². The first-order chi connectivity index (χ1) is 8.42. The van der Waals surface area contributed by atoms with Crippen LogP contribution in [0.25, 0.3) is 0 Å². The highest BCUT2D eigenvalue weighted by atomic mass is 19.1. The largest absolute Gasteiger partial charge is 0.394 e. The first-order valence-corrected chi connectivity index (χ1v) is 5.80. The molecule has 0 aliphatic rings. The molecule has 18 heavy (non-hydrogen) atoms. The zero-order valence-electron chi connectivity index (χ0n) is 10.4. The second kappa shape index (κ2) is 6.44. The topological polar surface area (TPSA) is 49.3 Å². The van der Waals surface area contributed by atoms with Crippen molar-refractivity contribution in [1.29, 1.82) is 0 Å². The van der Waals surface area contributed by atoms with E-state index in [1.165, 1.54) is 0 Å². The molecule has 1 atom stereocenters. The van der Waals surface area contributed by atoms with E-state index in [2.05, 4.69) is 5.32 Å². The third-order valence-corrected chi connectivity index (χ3v) is 2.44. The Bertz CT molecular complexity index is 401. The molecule has 0 radical (unpaired) electrons. The summed E-state index contributed by atoms with van der Waals surface area (Å²) in [5, 5.41) is 11.7. The Morgan fingerprint density at radius 1 is 1.28 bits per heavy atom. The van der Waals surface area contributed by atoms with Gasteiger partial charge in [-0.3, -0.25) is 4.79 Å². The fraction of sp³-hybridized carbons (Fsp3) is 0.462. The Morgan fingerprint density at radius 2 is 1.83 bits per heavy atom. The minimum Gasteiger partial charge on any atom is -0.394 e. The van der Waals surface area contributed by atoms with Gasteiger partial charge in [0.2, 0.25) is 0 Å². The van der Waals surface area contributed by atoms with Gasteiger partial charge < -0.3 is 10.4 Å². The molecule has 3 nitrogen and oxygen atoms in total. The van der Waals surface area contributed by atoms with E-state index in [4.69, 9.17) is 5.11 Å². The number of rotatable bonds is 5. The monoisotopic (exact) mass is 257 g/mol. The number of halogens is 2. The van der Waals surface area contributed by atoms with E-state index < -0.39 is 23.6 Å². The molecule has 0 aliphatic heterocycles. The molecule has 0 aliphatic carbocycles. The van der Waals surface area contributed by atoms with Gasteiger partial charge in [-0.15, -0.1) is 0 Å². The quantitative estimate of drug-likeness (QED) is 0.848. The van der Waals surface area contributed by atoms with E-state index >= 15 is 0 Å². The van der Waals surface area contributed by atoms with Crippen molar-refractivity contribution in [3.8, 4) is 0 Å². The van der Waals surface area contributed by atoms with Crippen molar-refractivity contribution in [2.75, 3.05) is 6.61 Å². The van der Waals surface area contributed by atoms with E-state index in [0.717, 1.165) is 12.1 Å². The average molecular weight is 257 g/mol. The maximum atomic E-state index is 12.9. The Balaban J connectivity index is 2.74. The number of nitrogens with one attached hydrogen (secondary N) is 1.